The van der Waals surface area contributed by atoms with Crippen LogP contribution >= 0.6 is 0 Å². The largest absolute Gasteiger partial charge is 0.443 e. The topological polar surface area (TPSA) is 45.7 Å². The summed E-state index contributed by atoms with van der Waals surface area (Å²) < 4.78 is 5.62. The minimum Gasteiger partial charge on any atom is -0.443 e. The molecule has 24 heavy (non-hydrogen) atoms. The molecule has 0 radical (unpaired) electrons. The number of hydrogen-bond donors (Lipinski definition) is 0. The van der Waals surface area contributed by atoms with E-state index >= 15 is 0 Å². The van der Waals surface area contributed by atoms with Gasteiger partial charge in [-0.3, -0.25) is 9.80 Å². The Hall–Kier alpha value is -1.62. The van der Waals surface area contributed by atoms with Gasteiger partial charge in [0.1, 0.15) is 11.4 Å². The maximum absolute atomic E-state index is 12.8. The van der Waals surface area contributed by atoms with Gasteiger partial charge in [0.25, 0.3) is 0 Å². The zero-order valence-electron chi connectivity index (χ0n) is 15.9. The average Bonchev–Trinajstić information content (AvgIpc) is 2.46. The number of anilines is 1. The minimum atomic E-state index is -0.527. The lowest BCUT2D eigenvalue weighted by Crippen LogP contribution is -2.43. The number of nitrogens with zero attached hydrogens (tertiary/aromatic N) is 3. The van der Waals surface area contributed by atoms with Crippen molar-refractivity contribution in [2.75, 3.05) is 18.5 Å². The van der Waals surface area contributed by atoms with E-state index in [9.17, 15) is 4.79 Å². The van der Waals surface area contributed by atoms with Crippen molar-refractivity contribution < 1.29 is 9.53 Å². The molecule has 0 aliphatic carbocycles. The zero-order chi connectivity index (χ0) is 17.9. The van der Waals surface area contributed by atoms with Crippen molar-refractivity contribution in [1.29, 1.82) is 0 Å². The second kappa shape index (κ2) is 7.51. The van der Waals surface area contributed by atoms with Crippen molar-refractivity contribution in [3.8, 4) is 0 Å². The molecule has 1 fully saturated rings. The molecule has 1 atom stereocenters. The summed E-state index contributed by atoms with van der Waals surface area (Å²) in [6, 6.07) is 4.32. The van der Waals surface area contributed by atoms with E-state index in [1.165, 1.54) is 12.8 Å². The molecule has 5 heteroatoms. The molecule has 1 amide bonds. The first kappa shape index (κ1) is 18.7. The number of pyridine rings is 1. The van der Waals surface area contributed by atoms with Crippen LogP contribution < -0.4 is 4.90 Å². The van der Waals surface area contributed by atoms with Crippen molar-refractivity contribution in [3.63, 3.8) is 0 Å². The van der Waals surface area contributed by atoms with Crippen LogP contribution in [-0.4, -0.2) is 41.2 Å². The minimum absolute atomic E-state index is 0.0256. The summed E-state index contributed by atoms with van der Waals surface area (Å²) in [5.41, 5.74) is 0.583. The van der Waals surface area contributed by atoms with E-state index in [4.69, 9.17) is 4.74 Å². The van der Waals surface area contributed by atoms with Crippen LogP contribution in [0.1, 0.15) is 65.5 Å². The van der Waals surface area contributed by atoms with Crippen molar-refractivity contribution in [3.05, 3.63) is 23.9 Å². The molecule has 1 aliphatic heterocycles. The third kappa shape index (κ3) is 4.47. The number of likely N-dealkylation sites (tertiary alicyclic amines) is 1. The summed E-state index contributed by atoms with van der Waals surface area (Å²) in [5.74, 6) is 0.723. The van der Waals surface area contributed by atoms with Gasteiger partial charge in [-0.1, -0.05) is 12.5 Å². The zero-order valence-corrected chi connectivity index (χ0v) is 15.9. The Morgan fingerprint density at radius 3 is 2.67 bits per heavy atom. The first-order valence-corrected chi connectivity index (χ1v) is 8.88. The molecule has 1 aliphatic rings. The summed E-state index contributed by atoms with van der Waals surface area (Å²) >= 11 is 0. The van der Waals surface area contributed by atoms with Crippen molar-refractivity contribution in [1.82, 2.24) is 9.88 Å². The highest BCUT2D eigenvalue weighted by Gasteiger charge is 2.31. The highest BCUT2D eigenvalue weighted by atomic mass is 16.6. The maximum atomic E-state index is 12.8. The van der Waals surface area contributed by atoms with Crippen LogP contribution in [0.15, 0.2) is 18.3 Å². The van der Waals surface area contributed by atoms with E-state index in [0.717, 1.165) is 24.3 Å². The lowest BCUT2D eigenvalue weighted by atomic mass is 9.96. The van der Waals surface area contributed by atoms with Crippen molar-refractivity contribution in [2.24, 2.45) is 0 Å². The van der Waals surface area contributed by atoms with Crippen LogP contribution in [0.25, 0.3) is 0 Å². The molecule has 0 spiro atoms. The first-order chi connectivity index (χ1) is 11.2. The van der Waals surface area contributed by atoms with Gasteiger partial charge in [-0.15, -0.1) is 0 Å². The predicted octanol–water partition coefficient (Wildman–Crippen LogP) is 4.39. The number of ether oxygens (including phenoxy) is 1. The Morgan fingerprint density at radius 1 is 1.38 bits per heavy atom. The molecular weight excluding hydrogens is 302 g/mol. The standard InChI is InChI=1S/C19H31N3O2/c1-14(2)22(18(23)24-19(3,4)5)17-15(10-9-12-20-17)16-11-7-8-13-21(16)6/h9-10,12,14,16H,7-8,11,13H2,1-6H3/t16-/m1/s1. The Labute approximate surface area is 146 Å². The molecule has 0 saturated carbocycles. The van der Waals surface area contributed by atoms with Crippen LogP contribution in [0, 0.1) is 0 Å². The number of carbonyl (C=O) groups is 1. The fourth-order valence-corrected chi connectivity index (χ4v) is 3.19. The van der Waals surface area contributed by atoms with E-state index in [1.807, 2.05) is 40.7 Å². The molecule has 2 rings (SSSR count). The summed E-state index contributed by atoms with van der Waals surface area (Å²) in [6.45, 7) is 10.7. The second-order valence-corrected chi connectivity index (χ2v) is 7.85. The molecule has 2 heterocycles. The number of carbonyl (C=O) groups excluding carboxylic acids is 1. The summed E-state index contributed by atoms with van der Waals surface area (Å²) in [5, 5.41) is 0. The maximum Gasteiger partial charge on any atom is 0.416 e. The molecule has 0 aromatic carbocycles. The molecule has 5 nitrogen and oxygen atoms in total. The van der Waals surface area contributed by atoms with Crippen molar-refractivity contribution in [2.45, 2.75) is 71.6 Å². The monoisotopic (exact) mass is 333 g/mol. The van der Waals surface area contributed by atoms with Gasteiger partial charge in [-0.05, 0) is 67.1 Å². The highest BCUT2D eigenvalue weighted by molar-refractivity contribution is 5.88. The lowest BCUT2D eigenvalue weighted by Gasteiger charge is -2.36. The summed E-state index contributed by atoms with van der Waals surface area (Å²) in [4.78, 5) is 21.4. The molecule has 0 N–H and O–H groups in total. The molecule has 1 aromatic heterocycles. The van der Waals surface area contributed by atoms with Gasteiger partial charge >= 0.3 is 6.09 Å². The third-order valence-electron chi connectivity index (χ3n) is 4.28. The average molecular weight is 333 g/mol. The number of hydrogen-bond acceptors (Lipinski definition) is 4. The molecule has 1 saturated heterocycles. The summed E-state index contributed by atoms with van der Waals surface area (Å²) in [7, 11) is 2.15. The smallest absolute Gasteiger partial charge is 0.416 e. The van der Waals surface area contributed by atoms with E-state index in [0.29, 0.717) is 6.04 Å². The van der Waals surface area contributed by atoms with Crippen LogP contribution in [0.5, 0.6) is 0 Å². The normalized spacial score (nSPS) is 19.4. The van der Waals surface area contributed by atoms with E-state index in [-0.39, 0.29) is 12.1 Å². The molecular formula is C19H31N3O2. The third-order valence-corrected chi connectivity index (χ3v) is 4.28. The van der Waals surface area contributed by atoms with Gasteiger partial charge in [0, 0.05) is 23.8 Å². The number of amides is 1. The van der Waals surface area contributed by atoms with Crippen LogP contribution in [0.4, 0.5) is 10.6 Å². The van der Waals surface area contributed by atoms with Gasteiger partial charge in [-0.2, -0.15) is 0 Å². The predicted molar refractivity (Wildman–Crippen MR) is 97.3 cm³/mol. The van der Waals surface area contributed by atoms with E-state index in [1.54, 1.807) is 11.1 Å². The fraction of sp³-hybridized carbons (Fsp3) is 0.684. The SMILES string of the molecule is CC(C)N(C(=O)OC(C)(C)C)c1ncccc1[C@H]1CCCCN1C. The van der Waals surface area contributed by atoms with Crippen LogP contribution in [0.2, 0.25) is 0 Å². The van der Waals surface area contributed by atoms with Crippen LogP contribution in [0.3, 0.4) is 0 Å². The Bertz CT molecular complexity index is 566. The van der Waals surface area contributed by atoms with Crippen molar-refractivity contribution >= 4 is 11.9 Å². The number of piperidine rings is 1. The van der Waals surface area contributed by atoms with E-state index in [2.05, 4.69) is 23.0 Å². The molecule has 1 aromatic rings. The Morgan fingerprint density at radius 2 is 2.08 bits per heavy atom. The molecule has 134 valence electrons. The van der Waals surface area contributed by atoms with Gasteiger partial charge in [0.2, 0.25) is 0 Å². The molecule has 0 unspecified atom stereocenters. The second-order valence-electron chi connectivity index (χ2n) is 7.85. The van der Waals surface area contributed by atoms with E-state index < -0.39 is 5.60 Å². The van der Waals surface area contributed by atoms with Crippen LogP contribution in [-0.2, 0) is 4.74 Å². The number of rotatable bonds is 3. The number of aromatic nitrogens is 1. The quantitative estimate of drug-likeness (QED) is 0.823. The Balaban J connectivity index is 2.39. The molecule has 0 bridgehead atoms. The van der Waals surface area contributed by atoms with Gasteiger partial charge in [-0.25, -0.2) is 9.78 Å². The highest BCUT2D eigenvalue weighted by Crippen LogP contribution is 2.35. The first-order valence-electron chi connectivity index (χ1n) is 8.88. The van der Waals surface area contributed by atoms with Gasteiger partial charge in [0.15, 0.2) is 0 Å². The Kier molecular flexibility index (Phi) is 5.86. The summed E-state index contributed by atoms with van der Waals surface area (Å²) in [6.07, 6.45) is 4.94. The fourth-order valence-electron chi connectivity index (χ4n) is 3.19. The lowest BCUT2D eigenvalue weighted by molar-refractivity contribution is 0.0568. The van der Waals surface area contributed by atoms with Gasteiger partial charge in [0.05, 0.1) is 0 Å². The van der Waals surface area contributed by atoms with Gasteiger partial charge < -0.3 is 4.74 Å².